The molecule has 3 rings (SSSR count). The molecule has 0 spiro atoms. The number of hydrogen-bond acceptors (Lipinski definition) is 3. The Bertz CT molecular complexity index is 772. The fourth-order valence-electron chi connectivity index (χ4n) is 2.38. The van der Waals surface area contributed by atoms with E-state index >= 15 is 0 Å². The summed E-state index contributed by atoms with van der Waals surface area (Å²) in [5.41, 5.74) is 2.22. The van der Waals surface area contributed by atoms with Gasteiger partial charge >= 0.3 is 0 Å². The average molecular weight is 270 g/mol. The highest BCUT2D eigenvalue weighted by Crippen LogP contribution is 2.22. The van der Waals surface area contributed by atoms with Crippen LogP contribution in [0.1, 0.15) is 12.6 Å². The van der Waals surface area contributed by atoms with Crippen molar-refractivity contribution in [1.29, 1.82) is 0 Å². The number of imidazole rings is 1. The van der Waals surface area contributed by atoms with Crippen LogP contribution < -0.4 is 0 Å². The van der Waals surface area contributed by atoms with Gasteiger partial charge in [-0.1, -0.05) is 0 Å². The molecular weight excluding hydrogens is 256 g/mol. The maximum absolute atomic E-state index is 10.8. The van der Waals surface area contributed by atoms with E-state index in [4.69, 9.17) is 0 Å². The monoisotopic (exact) mass is 270 g/mol. The summed E-state index contributed by atoms with van der Waals surface area (Å²) in [7, 11) is 0. The highest BCUT2D eigenvalue weighted by Gasteiger charge is 2.10. The lowest BCUT2D eigenvalue weighted by molar-refractivity contribution is -0.384. The molecule has 1 aromatic carbocycles. The number of rotatable bonds is 4. The average Bonchev–Trinajstić information content (AvgIpc) is 3.05. The van der Waals surface area contributed by atoms with Crippen LogP contribution in [-0.4, -0.2) is 19.0 Å². The van der Waals surface area contributed by atoms with Gasteiger partial charge in [0.25, 0.3) is 5.69 Å². The molecule has 102 valence electrons. The van der Waals surface area contributed by atoms with Crippen LogP contribution in [0.25, 0.3) is 10.9 Å². The van der Waals surface area contributed by atoms with Crippen molar-refractivity contribution in [3.8, 4) is 0 Å². The Balaban J connectivity index is 1.99. The van der Waals surface area contributed by atoms with Crippen molar-refractivity contribution in [3.05, 3.63) is 58.8 Å². The molecule has 3 aromatic rings. The van der Waals surface area contributed by atoms with Crippen LogP contribution >= 0.6 is 0 Å². The van der Waals surface area contributed by atoms with Crippen LogP contribution in [0.15, 0.2) is 43.0 Å². The molecule has 6 nitrogen and oxygen atoms in total. The summed E-state index contributed by atoms with van der Waals surface area (Å²) in [5, 5.41) is 11.7. The van der Waals surface area contributed by atoms with E-state index in [1.807, 2.05) is 24.8 Å². The number of benzene rings is 1. The van der Waals surface area contributed by atoms with Gasteiger partial charge in [-0.25, -0.2) is 4.98 Å². The van der Waals surface area contributed by atoms with Crippen LogP contribution in [0.3, 0.4) is 0 Å². The number of hydrogen-bond donors (Lipinski definition) is 0. The van der Waals surface area contributed by atoms with E-state index in [9.17, 15) is 10.1 Å². The number of aryl methyl sites for hydroxylation is 1. The van der Waals surface area contributed by atoms with Gasteiger partial charge in [-0.2, -0.15) is 0 Å². The van der Waals surface area contributed by atoms with Crippen molar-refractivity contribution in [1.82, 2.24) is 14.1 Å². The Kier molecular flexibility index (Phi) is 2.98. The Hall–Kier alpha value is -2.63. The van der Waals surface area contributed by atoms with Crippen molar-refractivity contribution >= 4 is 16.6 Å². The Morgan fingerprint density at radius 2 is 2.15 bits per heavy atom. The minimum atomic E-state index is -0.372. The molecule has 0 aliphatic carbocycles. The third-order valence-electron chi connectivity index (χ3n) is 3.44. The zero-order valence-corrected chi connectivity index (χ0v) is 11.1. The third-order valence-corrected chi connectivity index (χ3v) is 3.44. The molecule has 20 heavy (non-hydrogen) atoms. The standard InChI is InChI=1S/C14H14N4O2/c1-2-16-10-15-8-13(16)9-17-6-5-11-7-12(18(19)20)3-4-14(11)17/h3-8,10H,2,9H2,1H3. The SMILES string of the molecule is CCn1cncc1Cn1ccc2cc([N+](=O)[O-])ccc21. The summed E-state index contributed by atoms with van der Waals surface area (Å²) in [6.45, 7) is 3.65. The quantitative estimate of drug-likeness (QED) is 0.541. The van der Waals surface area contributed by atoms with Gasteiger partial charge in [0, 0.05) is 42.0 Å². The van der Waals surface area contributed by atoms with Crippen LogP contribution in [0.4, 0.5) is 5.69 Å². The van der Waals surface area contributed by atoms with Crippen LogP contribution in [0, 0.1) is 10.1 Å². The predicted octanol–water partition coefficient (Wildman–Crippen LogP) is 2.81. The van der Waals surface area contributed by atoms with Crippen LogP contribution in [-0.2, 0) is 13.1 Å². The van der Waals surface area contributed by atoms with Crippen molar-refractivity contribution in [2.45, 2.75) is 20.0 Å². The first kappa shape index (κ1) is 12.4. The first-order chi connectivity index (χ1) is 9.69. The molecule has 0 radical (unpaired) electrons. The summed E-state index contributed by atoms with van der Waals surface area (Å²) < 4.78 is 4.15. The molecular formula is C14H14N4O2. The second-order valence-electron chi connectivity index (χ2n) is 4.61. The van der Waals surface area contributed by atoms with Crippen LogP contribution in [0.5, 0.6) is 0 Å². The maximum atomic E-state index is 10.8. The molecule has 0 amide bonds. The second kappa shape index (κ2) is 4.80. The van der Waals surface area contributed by atoms with Crippen molar-refractivity contribution in [2.24, 2.45) is 0 Å². The highest BCUT2D eigenvalue weighted by atomic mass is 16.6. The topological polar surface area (TPSA) is 65.9 Å². The largest absolute Gasteiger partial charge is 0.341 e. The molecule has 6 heteroatoms. The first-order valence-electron chi connectivity index (χ1n) is 6.41. The molecule has 2 heterocycles. The first-order valence-corrected chi connectivity index (χ1v) is 6.41. The molecule has 0 saturated heterocycles. The lowest BCUT2D eigenvalue weighted by Crippen LogP contribution is -2.05. The molecule has 0 unspecified atom stereocenters. The summed E-state index contributed by atoms with van der Waals surface area (Å²) >= 11 is 0. The Morgan fingerprint density at radius 1 is 1.30 bits per heavy atom. The van der Waals surface area contributed by atoms with E-state index in [1.165, 1.54) is 6.07 Å². The summed E-state index contributed by atoms with van der Waals surface area (Å²) in [6, 6.07) is 6.83. The lowest BCUT2D eigenvalue weighted by atomic mass is 10.2. The molecule has 0 fully saturated rings. The van der Waals surface area contributed by atoms with E-state index in [2.05, 4.69) is 21.0 Å². The van der Waals surface area contributed by atoms with Crippen molar-refractivity contribution in [2.75, 3.05) is 0 Å². The summed E-state index contributed by atoms with van der Waals surface area (Å²) in [6.07, 6.45) is 5.61. The molecule has 0 aliphatic rings. The van der Waals surface area contributed by atoms with E-state index < -0.39 is 0 Å². The fraction of sp³-hybridized carbons (Fsp3) is 0.214. The van der Waals surface area contributed by atoms with Gasteiger partial charge < -0.3 is 9.13 Å². The maximum Gasteiger partial charge on any atom is 0.270 e. The molecule has 0 bridgehead atoms. The lowest BCUT2D eigenvalue weighted by Gasteiger charge is -2.07. The van der Waals surface area contributed by atoms with Crippen LogP contribution in [0.2, 0.25) is 0 Å². The fourth-order valence-corrected chi connectivity index (χ4v) is 2.38. The number of aromatic nitrogens is 3. The van der Waals surface area contributed by atoms with Gasteiger partial charge in [0.05, 0.1) is 23.5 Å². The van der Waals surface area contributed by atoms with Gasteiger partial charge in [-0.15, -0.1) is 0 Å². The smallest absolute Gasteiger partial charge is 0.270 e. The number of nitro benzene ring substituents is 1. The number of nitro groups is 1. The van der Waals surface area contributed by atoms with Gasteiger partial charge in [-0.3, -0.25) is 10.1 Å². The second-order valence-corrected chi connectivity index (χ2v) is 4.61. The molecule has 2 aromatic heterocycles. The Labute approximate surface area is 115 Å². The number of non-ortho nitro benzene ring substituents is 1. The minimum Gasteiger partial charge on any atom is -0.341 e. The normalized spacial score (nSPS) is 11.1. The molecule has 0 saturated carbocycles. The zero-order chi connectivity index (χ0) is 14.1. The summed E-state index contributed by atoms with van der Waals surface area (Å²) in [5.74, 6) is 0. The van der Waals surface area contributed by atoms with Crippen molar-refractivity contribution in [3.63, 3.8) is 0 Å². The minimum absolute atomic E-state index is 0.119. The van der Waals surface area contributed by atoms with E-state index in [1.54, 1.807) is 12.1 Å². The number of fused-ring (bicyclic) bond motifs is 1. The van der Waals surface area contributed by atoms with Gasteiger partial charge in [0.2, 0.25) is 0 Å². The molecule has 0 atom stereocenters. The third kappa shape index (κ3) is 2.05. The Morgan fingerprint density at radius 3 is 2.90 bits per heavy atom. The van der Waals surface area contributed by atoms with E-state index in [-0.39, 0.29) is 10.6 Å². The van der Waals surface area contributed by atoms with E-state index in [0.29, 0.717) is 6.54 Å². The van der Waals surface area contributed by atoms with Gasteiger partial charge in [0.1, 0.15) is 0 Å². The zero-order valence-electron chi connectivity index (χ0n) is 11.1. The predicted molar refractivity (Wildman–Crippen MR) is 75.6 cm³/mol. The molecule has 0 N–H and O–H groups in total. The van der Waals surface area contributed by atoms with Gasteiger partial charge in [0.15, 0.2) is 0 Å². The summed E-state index contributed by atoms with van der Waals surface area (Å²) in [4.78, 5) is 14.6. The highest BCUT2D eigenvalue weighted by molar-refractivity contribution is 5.82. The van der Waals surface area contributed by atoms with E-state index in [0.717, 1.165) is 23.1 Å². The molecule has 0 aliphatic heterocycles. The number of nitrogens with zero attached hydrogens (tertiary/aromatic N) is 4. The van der Waals surface area contributed by atoms with Crippen molar-refractivity contribution < 1.29 is 4.92 Å². The van der Waals surface area contributed by atoms with Gasteiger partial charge in [-0.05, 0) is 19.1 Å².